The van der Waals surface area contributed by atoms with E-state index in [1.54, 1.807) is 0 Å². The zero-order valence-electron chi connectivity index (χ0n) is 5.81. The van der Waals surface area contributed by atoms with Crippen LogP contribution in [0.1, 0.15) is 0 Å². The van der Waals surface area contributed by atoms with Crippen LogP contribution in [-0.4, -0.2) is 15.1 Å². The first-order valence-corrected chi connectivity index (χ1v) is 3.20. The molecule has 0 radical (unpaired) electrons. The van der Waals surface area contributed by atoms with Gasteiger partial charge in [0.15, 0.2) is 5.82 Å². The van der Waals surface area contributed by atoms with E-state index in [2.05, 4.69) is 9.97 Å². The molecule has 62 valence electrons. The Morgan fingerprint density at radius 1 is 1.33 bits per heavy atom. The molecule has 12 heavy (non-hydrogen) atoms. The first kappa shape index (κ1) is 7.02. The lowest BCUT2D eigenvalue weighted by Crippen LogP contribution is -1.81. The van der Waals surface area contributed by atoms with E-state index in [4.69, 9.17) is 5.11 Å². The summed E-state index contributed by atoms with van der Waals surface area (Å²) in [6.45, 7) is 0. The van der Waals surface area contributed by atoms with Crippen molar-refractivity contribution in [1.82, 2.24) is 9.97 Å². The van der Waals surface area contributed by atoms with Crippen LogP contribution in [0.25, 0.3) is 11.0 Å². The number of benzene rings is 1. The number of H-pyrrole nitrogens is 1. The molecule has 2 aromatic rings. The zero-order chi connectivity index (χ0) is 8.72. The molecule has 0 saturated heterocycles. The summed E-state index contributed by atoms with van der Waals surface area (Å²) in [7, 11) is 0. The average molecular weight is 170 g/mol. The first-order valence-electron chi connectivity index (χ1n) is 3.20. The quantitative estimate of drug-likeness (QED) is 0.630. The number of hydrogen-bond acceptors (Lipinski definition) is 2. The molecule has 2 N–H and O–H groups in total. The van der Waals surface area contributed by atoms with Gasteiger partial charge in [0.05, 0.1) is 5.52 Å². The van der Waals surface area contributed by atoms with Crippen molar-refractivity contribution < 1.29 is 13.9 Å². The van der Waals surface area contributed by atoms with Crippen LogP contribution in [0.4, 0.5) is 8.78 Å². The predicted molar refractivity (Wildman–Crippen MR) is 37.7 cm³/mol. The van der Waals surface area contributed by atoms with Gasteiger partial charge in [-0.25, -0.2) is 8.78 Å². The molecular weight excluding hydrogens is 166 g/mol. The molecule has 0 aliphatic carbocycles. The number of aromatic nitrogens is 2. The number of aromatic hydroxyl groups is 1. The number of fused-ring (bicyclic) bond motifs is 1. The number of nitrogens with one attached hydrogen (secondary N) is 1. The lowest BCUT2D eigenvalue weighted by Gasteiger charge is -1.89. The summed E-state index contributed by atoms with van der Waals surface area (Å²) in [6, 6.07) is 1.35. The van der Waals surface area contributed by atoms with Crippen LogP contribution in [0.5, 0.6) is 6.01 Å². The van der Waals surface area contributed by atoms with Crippen LogP contribution in [0.15, 0.2) is 12.1 Å². The van der Waals surface area contributed by atoms with Crippen LogP contribution in [0, 0.1) is 11.6 Å². The molecule has 3 nitrogen and oxygen atoms in total. The lowest BCUT2D eigenvalue weighted by molar-refractivity contribution is 0.438. The molecule has 0 bridgehead atoms. The Morgan fingerprint density at radius 2 is 2.08 bits per heavy atom. The summed E-state index contributed by atoms with van der Waals surface area (Å²) in [5.74, 6) is -1.50. The summed E-state index contributed by atoms with van der Waals surface area (Å²) in [6.07, 6.45) is 0. The maximum Gasteiger partial charge on any atom is 0.292 e. The van der Waals surface area contributed by atoms with Gasteiger partial charge in [-0.1, -0.05) is 0 Å². The van der Waals surface area contributed by atoms with Crippen LogP contribution >= 0.6 is 0 Å². The van der Waals surface area contributed by atoms with Crippen molar-refractivity contribution in [1.29, 1.82) is 0 Å². The molecule has 0 saturated carbocycles. The van der Waals surface area contributed by atoms with Gasteiger partial charge in [-0.05, 0) is 6.07 Å². The van der Waals surface area contributed by atoms with Crippen molar-refractivity contribution in [3.8, 4) is 6.01 Å². The molecule has 1 aromatic carbocycles. The van der Waals surface area contributed by atoms with Gasteiger partial charge >= 0.3 is 0 Å². The SMILES string of the molecule is Oc1nc2c(F)cc(F)cc2[nH]1. The molecular formula is C7H4F2N2O. The van der Waals surface area contributed by atoms with E-state index in [0.717, 1.165) is 6.07 Å². The van der Waals surface area contributed by atoms with E-state index in [0.29, 0.717) is 6.07 Å². The van der Waals surface area contributed by atoms with E-state index >= 15 is 0 Å². The molecule has 0 fully saturated rings. The third kappa shape index (κ3) is 0.903. The maximum atomic E-state index is 12.8. The van der Waals surface area contributed by atoms with Gasteiger partial charge < -0.3 is 10.1 Å². The van der Waals surface area contributed by atoms with E-state index in [-0.39, 0.29) is 11.0 Å². The molecule has 0 amide bonds. The molecule has 1 heterocycles. The van der Waals surface area contributed by atoms with Crippen molar-refractivity contribution in [2.24, 2.45) is 0 Å². The largest absolute Gasteiger partial charge is 0.480 e. The minimum absolute atomic E-state index is 0.0612. The van der Waals surface area contributed by atoms with Gasteiger partial charge in [0.2, 0.25) is 0 Å². The number of nitrogens with zero attached hydrogens (tertiary/aromatic N) is 1. The number of aromatic amines is 1. The fraction of sp³-hybridized carbons (Fsp3) is 0. The fourth-order valence-corrected chi connectivity index (χ4v) is 1.03. The molecule has 0 aliphatic heterocycles. The Bertz CT molecular complexity index is 438. The van der Waals surface area contributed by atoms with Gasteiger partial charge in [0.25, 0.3) is 6.01 Å². The summed E-state index contributed by atoms with van der Waals surface area (Å²) >= 11 is 0. The highest BCUT2D eigenvalue weighted by Gasteiger charge is 2.08. The highest BCUT2D eigenvalue weighted by Crippen LogP contribution is 2.19. The summed E-state index contributed by atoms with van der Waals surface area (Å²) in [5, 5.41) is 8.82. The number of halogens is 2. The molecule has 2 rings (SSSR count). The molecule has 0 atom stereocenters. The van der Waals surface area contributed by atoms with Gasteiger partial charge in [-0.15, -0.1) is 0 Å². The van der Waals surface area contributed by atoms with Crippen LogP contribution < -0.4 is 0 Å². The van der Waals surface area contributed by atoms with Crippen LogP contribution in [-0.2, 0) is 0 Å². The lowest BCUT2D eigenvalue weighted by atomic mass is 10.3. The second kappa shape index (κ2) is 2.17. The highest BCUT2D eigenvalue weighted by molar-refractivity contribution is 5.76. The topological polar surface area (TPSA) is 48.9 Å². The third-order valence-electron chi connectivity index (χ3n) is 1.49. The molecule has 5 heteroatoms. The first-order chi connectivity index (χ1) is 5.66. The van der Waals surface area contributed by atoms with Gasteiger partial charge in [0.1, 0.15) is 11.3 Å². The molecule has 0 spiro atoms. The summed E-state index contributed by atoms with van der Waals surface area (Å²) in [4.78, 5) is 5.72. The fourth-order valence-electron chi connectivity index (χ4n) is 1.03. The van der Waals surface area contributed by atoms with Gasteiger partial charge in [-0.3, -0.25) is 0 Å². The van der Waals surface area contributed by atoms with Crippen LogP contribution in [0.2, 0.25) is 0 Å². The minimum Gasteiger partial charge on any atom is -0.480 e. The maximum absolute atomic E-state index is 12.8. The standard InChI is InChI=1S/C7H4F2N2O/c8-3-1-4(9)6-5(2-3)10-7(12)11-6/h1-2H,(H2,10,11,12). The molecule has 0 unspecified atom stereocenters. The predicted octanol–water partition coefficient (Wildman–Crippen LogP) is 1.55. The minimum atomic E-state index is -0.790. The van der Waals surface area contributed by atoms with Crippen molar-refractivity contribution >= 4 is 11.0 Å². The second-order valence-corrected chi connectivity index (χ2v) is 2.34. The summed E-state index contributed by atoms with van der Waals surface area (Å²) < 4.78 is 25.4. The monoisotopic (exact) mass is 170 g/mol. The second-order valence-electron chi connectivity index (χ2n) is 2.34. The smallest absolute Gasteiger partial charge is 0.292 e. The van der Waals surface area contributed by atoms with E-state index < -0.39 is 17.6 Å². The van der Waals surface area contributed by atoms with E-state index in [9.17, 15) is 8.78 Å². The summed E-state index contributed by atoms with van der Waals surface area (Å²) in [5.41, 5.74) is 0.0823. The van der Waals surface area contributed by atoms with Crippen molar-refractivity contribution in [2.75, 3.05) is 0 Å². The Kier molecular flexibility index (Phi) is 1.27. The van der Waals surface area contributed by atoms with E-state index in [1.807, 2.05) is 0 Å². The van der Waals surface area contributed by atoms with Crippen LogP contribution in [0.3, 0.4) is 0 Å². The Morgan fingerprint density at radius 3 is 2.83 bits per heavy atom. The zero-order valence-corrected chi connectivity index (χ0v) is 5.81. The van der Waals surface area contributed by atoms with E-state index in [1.165, 1.54) is 0 Å². The Balaban J connectivity index is 2.88. The van der Waals surface area contributed by atoms with Crippen molar-refractivity contribution in [2.45, 2.75) is 0 Å². The normalized spacial score (nSPS) is 10.8. The Labute approximate surface area is 65.7 Å². The van der Waals surface area contributed by atoms with Crippen molar-refractivity contribution in [3.05, 3.63) is 23.8 Å². The van der Waals surface area contributed by atoms with Crippen molar-refractivity contribution in [3.63, 3.8) is 0 Å². The number of hydrogen-bond donors (Lipinski definition) is 2. The van der Waals surface area contributed by atoms with Gasteiger partial charge in [-0.2, -0.15) is 4.98 Å². The molecule has 0 aliphatic rings. The number of rotatable bonds is 0. The number of imidazole rings is 1. The van der Waals surface area contributed by atoms with Gasteiger partial charge in [0, 0.05) is 6.07 Å². The average Bonchev–Trinajstić information content (AvgIpc) is 2.29. The third-order valence-corrected chi connectivity index (χ3v) is 1.49. The molecule has 1 aromatic heterocycles. The highest BCUT2D eigenvalue weighted by atomic mass is 19.1. The Hall–Kier alpha value is -1.65.